The van der Waals surface area contributed by atoms with Gasteiger partial charge in [-0.2, -0.15) is 18.3 Å². The topological polar surface area (TPSA) is 34.9 Å². The Balaban J connectivity index is 3.03. The van der Waals surface area contributed by atoms with E-state index in [1.165, 1.54) is 6.07 Å². The van der Waals surface area contributed by atoms with E-state index in [9.17, 15) is 18.0 Å². The summed E-state index contributed by atoms with van der Waals surface area (Å²) in [6, 6.07) is 1.29. The van der Waals surface area contributed by atoms with Gasteiger partial charge in [0.25, 0.3) is 5.56 Å². The van der Waals surface area contributed by atoms with Gasteiger partial charge in [-0.05, 0) is 22.0 Å². The summed E-state index contributed by atoms with van der Waals surface area (Å²) in [4.78, 5) is 11.0. The fourth-order valence-corrected chi connectivity index (χ4v) is 1.03. The number of aromatic nitrogens is 2. The molecule has 0 radical (unpaired) electrons. The minimum Gasteiger partial charge on any atom is -0.267 e. The highest BCUT2D eigenvalue weighted by atomic mass is 79.9. The van der Waals surface area contributed by atoms with E-state index in [0.29, 0.717) is 4.68 Å². The van der Waals surface area contributed by atoms with Gasteiger partial charge in [-0.15, -0.1) is 0 Å². The van der Waals surface area contributed by atoms with E-state index >= 15 is 0 Å². The van der Waals surface area contributed by atoms with Crippen LogP contribution in [0, 0.1) is 0 Å². The van der Waals surface area contributed by atoms with Gasteiger partial charge in [0, 0.05) is 6.20 Å². The second kappa shape index (κ2) is 3.49. The Kier molecular flexibility index (Phi) is 2.74. The highest BCUT2D eigenvalue weighted by Crippen LogP contribution is 2.15. The van der Waals surface area contributed by atoms with E-state index in [1.807, 2.05) is 0 Å². The summed E-state index contributed by atoms with van der Waals surface area (Å²) in [6.45, 7) is -1.37. The average Bonchev–Trinajstić information content (AvgIpc) is 1.96. The molecule has 0 aliphatic carbocycles. The Morgan fingerprint density at radius 1 is 1.54 bits per heavy atom. The van der Waals surface area contributed by atoms with E-state index in [4.69, 9.17) is 0 Å². The van der Waals surface area contributed by atoms with Crippen molar-refractivity contribution in [3.8, 4) is 0 Å². The summed E-state index contributed by atoms with van der Waals surface area (Å²) in [5, 5.41) is 3.28. The van der Waals surface area contributed by atoms with Crippen LogP contribution in [-0.2, 0) is 6.54 Å². The van der Waals surface area contributed by atoms with Crippen LogP contribution < -0.4 is 5.56 Å². The lowest BCUT2D eigenvalue weighted by molar-refractivity contribution is -0.143. The molecule has 0 saturated carbocycles. The van der Waals surface area contributed by atoms with Crippen LogP contribution in [0.3, 0.4) is 0 Å². The maximum absolute atomic E-state index is 11.8. The van der Waals surface area contributed by atoms with Crippen LogP contribution in [0.4, 0.5) is 13.2 Å². The predicted molar refractivity (Wildman–Crippen MR) is 42.3 cm³/mol. The van der Waals surface area contributed by atoms with Gasteiger partial charge in [-0.1, -0.05) is 0 Å². The molecule has 0 aromatic carbocycles. The molecule has 0 spiro atoms. The second-order valence-corrected chi connectivity index (χ2v) is 3.11. The van der Waals surface area contributed by atoms with Crippen molar-refractivity contribution in [3.63, 3.8) is 0 Å². The Labute approximate surface area is 79.3 Å². The molecule has 13 heavy (non-hydrogen) atoms. The van der Waals surface area contributed by atoms with Crippen molar-refractivity contribution in [1.29, 1.82) is 0 Å². The molecule has 0 amide bonds. The zero-order valence-electron chi connectivity index (χ0n) is 6.18. The van der Waals surface area contributed by atoms with Crippen molar-refractivity contribution in [2.24, 2.45) is 0 Å². The van der Waals surface area contributed by atoms with Crippen molar-refractivity contribution in [2.75, 3.05) is 0 Å². The third-order valence-corrected chi connectivity index (χ3v) is 1.80. The molecular formula is C6H4BrF3N2O. The van der Waals surface area contributed by atoms with Crippen molar-refractivity contribution < 1.29 is 13.2 Å². The lowest BCUT2D eigenvalue weighted by Crippen LogP contribution is -2.30. The molecule has 1 aromatic rings. The van der Waals surface area contributed by atoms with E-state index in [0.717, 1.165) is 6.20 Å². The zero-order valence-corrected chi connectivity index (χ0v) is 7.76. The summed E-state index contributed by atoms with van der Waals surface area (Å²) >= 11 is 2.81. The normalized spacial score (nSPS) is 11.7. The van der Waals surface area contributed by atoms with Crippen LogP contribution in [0.2, 0.25) is 0 Å². The molecule has 0 bridgehead atoms. The van der Waals surface area contributed by atoms with Crippen LogP contribution in [-0.4, -0.2) is 16.0 Å². The van der Waals surface area contributed by atoms with Crippen molar-refractivity contribution >= 4 is 15.9 Å². The molecule has 1 rings (SSSR count). The molecule has 0 N–H and O–H groups in total. The Morgan fingerprint density at radius 3 is 2.69 bits per heavy atom. The smallest absolute Gasteiger partial charge is 0.267 e. The molecule has 3 nitrogen and oxygen atoms in total. The third-order valence-electron chi connectivity index (χ3n) is 1.19. The van der Waals surface area contributed by atoms with Crippen LogP contribution in [0.1, 0.15) is 0 Å². The minimum absolute atomic E-state index is 0.0618. The fraction of sp³-hybridized carbons (Fsp3) is 0.333. The molecule has 0 fully saturated rings. The molecule has 0 saturated heterocycles. The monoisotopic (exact) mass is 256 g/mol. The van der Waals surface area contributed by atoms with Gasteiger partial charge in [-0.25, -0.2) is 4.68 Å². The van der Waals surface area contributed by atoms with Gasteiger partial charge in [-0.3, -0.25) is 4.79 Å². The summed E-state index contributed by atoms with van der Waals surface area (Å²) < 4.78 is 35.9. The summed E-state index contributed by atoms with van der Waals surface area (Å²) in [6.07, 6.45) is -3.31. The molecule has 0 unspecified atom stereocenters. The molecular weight excluding hydrogens is 253 g/mol. The van der Waals surface area contributed by atoms with Gasteiger partial charge in [0.05, 0.1) is 4.47 Å². The van der Waals surface area contributed by atoms with Crippen LogP contribution in [0.25, 0.3) is 0 Å². The SMILES string of the molecule is O=c1c(Br)ccnn1CC(F)(F)F. The first kappa shape index (κ1) is 10.2. The van der Waals surface area contributed by atoms with Gasteiger partial charge in [0.15, 0.2) is 0 Å². The Hall–Kier alpha value is -0.850. The fourth-order valence-electron chi connectivity index (χ4n) is 0.709. The maximum Gasteiger partial charge on any atom is 0.408 e. The van der Waals surface area contributed by atoms with Crippen LogP contribution in [0.15, 0.2) is 21.5 Å². The lowest BCUT2D eigenvalue weighted by atomic mass is 10.5. The minimum atomic E-state index is -4.43. The molecule has 72 valence electrons. The summed E-state index contributed by atoms with van der Waals surface area (Å²) in [7, 11) is 0. The van der Waals surface area contributed by atoms with Crippen LogP contribution >= 0.6 is 15.9 Å². The van der Waals surface area contributed by atoms with Gasteiger partial charge in [0.2, 0.25) is 0 Å². The van der Waals surface area contributed by atoms with E-state index in [-0.39, 0.29) is 4.47 Å². The standard InChI is InChI=1S/C6H4BrF3N2O/c7-4-1-2-11-12(5(4)13)3-6(8,9)10/h1-2H,3H2. The quantitative estimate of drug-likeness (QED) is 0.765. The summed E-state index contributed by atoms with van der Waals surface area (Å²) in [5.74, 6) is 0. The van der Waals surface area contributed by atoms with Gasteiger partial charge >= 0.3 is 6.18 Å². The largest absolute Gasteiger partial charge is 0.408 e. The highest BCUT2D eigenvalue weighted by Gasteiger charge is 2.29. The van der Waals surface area contributed by atoms with Crippen molar-refractivity contribution in [3.05, 3.63) is 27.1 Å². The van der Waals surface area contributed by atoms with E-state index < -0.39 is 18.3 Å². The Morgan fingerprint density at radius 2 is 2.15 bits per heavy atom. The highest BCUT2D eigenvalue weighted by molar-refractivity contribution is 9.10. The van der Waals surface area contributed by atoms with Crippen molar-refractivity contribution in [1.82, 2.24) is 9.78 Å². The molecule has 0 aliphatic rings. The number of alkyl halides is 3. The van der Waals surface area contributed by atoms with E-state index in [1.54, 1.807) is 0 Å². The molecule has 1 heterocycles. The molecule has 0 atom stereocenters. The Bertz CT molecular complexity index is 360. The molecule has 0 aliphatic heterocycles. The molecule has 1 aromatic heterocycles. The van der Waals surface area contributed by atoms with E-state index in [2.05, 4.69) is 21.0 Å². The maximum atomic E-state index is 11.8. The van der Waals surface area contributed by atoms with Crippen LogP contribution in [0.5, 0.6) is 0 Å². The average molecular weight is 257 g/mol. The third kappa shape index (κ3) is 2.83. The predicted octanol–water partition coefficient (Wildman–Crippen LogP) is 1.57. The first-order chi connectivity index (χ1) is 5.90. The number of hydrogen-bond donors (Lipinski definition) is 0. The number of nitrogens with zero attached hydrogens (tertiary/aromatic N) is 2. The number of rotatable bonds is 1. The first-order valence-corrected chi connectivity index (χ1v) is 3.98. The molecule has 7 heteroatoms. The lowest BCUT2D eigenvalue weighted by Gasteiger charge is -2.07. The van der Waals surface area contributed by atoms with Gasteiger partial charge in [0.1, 0.15) is 6.54 Å². The van der Waals surface area contributed by atoms with Gasteiger partial charge < -0.3 is 0 Å². The second-order valence-electron chi connectivity index (χ2n) is 2.26. The van der Waals surface area contributed by atoms with Crippen molar-refractivity contribution in [2.45, 2.75) is 12.7 Å². The summed E-state index contributed by atoms with van der Waals surface area (Å²) in [5.41, 5.74) is -0.792. The first-order valence-electron chi connectivity index (χ1n) is 3.18. The zero-order chi connectivity index (χ0) is 10.1. The number of hydrogen-bond acceptors (Lipinski definition) is 2. The number of halogens is 4.